The second kappa shape index (κ2) is 8.28. The molecule has 1 N–H and O–H groups in total. The van der Waals surface area contributed by atoms with E-state index in [2.05, 4.69) is 15.3 Å². The van der Waals surface area contributed by atoms with Crippen molar-refractivity contribution in [1.29, 1.82) is 0 Å². The fourth-order valence-electron chi connectivity index (χ4n) is 3.43. The lowest BCUT2D eigenvalue weighted by atomic mass is 10.1. The Labute approximate surface area is 174 Å². The number of allylic oxidation sites excluding steroid dienone is 1. The Morgan fingerprint density at radius 3 is 2.53 bits per heavy atom. The standard InChI is InChI=1S/C22H22N4O4/c1-28-18-11-15(12-19(29-2)20(18)30-3)21(27)24-16-7-4-6-14(10-16)17-13-26-9-5-8-23-22(26)25-17/h4-12,17H,13H2,1-3H3,(H,24,27). The van der Waals surface area contributed by atoms with Crippen LogP contribution in [0.15, 0.2) is 58.7 Å². The summed E-state index contributed by atoms with van der Waals surface area (Å²) in [5.41, 5.74) is 2.08. The van der Waals surface area contributed by atoms with Crippen molar-refractivity contribution in [2.24, 2.45) is 9.98 Å². The van der Waals surface area contributed by atoms with Crippen LogP contribution in [0.25, 0.3) is 0 Å². The summed E-state index contributed by atoms with van der Waals surface area (Å²) in [6, 6.07) is 10.9. The molecule has 0 aromatic heterocycles. The number of hydrogen-bond acceptors (Lipinski definition) is 7. The number of nitrogens with one attached hydrogen (secondary N) is 1. The maximum Gasteiger partial charge on any atom is 0.255 e. The van der Waals surface area contributed by atoms with Crippen molar-refractivity contribution in [2.75, 3.05) is 33.2 Å². The number of carbonyl (C=O) groups is 1. The molecule has 2 aromatic rings. The first-order chi connectivity index (χ1) is 14.6. The van der Waals surface area contributed by atoms with Crippen molar-refractivity contribution in [3.63, 3.8) is 0 Å². The molecule has 0 fully saturated rings. The SMILES string of the molecule is COc1cc(C(=O)Nc2cccc(C3CN4C=CC=NC4=N3)c2)cc(OC)c1OC. The first-order valence-electron chi connectivity index (χ1n) is 9.39. The van der Waals surface area contributed by atoms with Crippen molar-refractivity contribution < 1.29 is 19.0 Å². The highest BCUT2D eigenvalue weighted by Gasteiger charge is 2.25. The minimum atomic E-state index is -0.283. The average molecular weight is 406 g/mol. The zero-order chi connectivity index (χ0) is 21.1. The fraction of sp³-hybridized carbons (Fsp3) is 0.227. The molecule has 8 nitrogen and oxygen atoms in total. The Morgan fingerprint density at radius 1 is 1.10 bits per heavy atom. The number of aliphatic imine (C=N–C) groups is 2. The second-order valence-electron chi connectivity index (χ2n) is 6.71. The summed E-state index contributed by atoms with van der Waals surface area (Å²) in [5, 5.41) is 2.93. The molecule has 2 aromatic carbocycles. The molecule has 0 saturated carbocycles. The summed E-state index contributed by atoms with van der Waals surface area (Å²) in [6.07, 6.45) is 5.57. The van der Waals surface area contributed by atoms with Crippen LogP contribution in [0.1, 0.15) is 22.0 Å². The summed E-state index contributed by atoms with van der Waals surface area (Å²) >= 11 is 0. The molecule has 154 valence electrons. The van der Waals surface area contributed by atoms with E-state index in [1.54, 1.807) is 18.3 Å². The average Bonchev–Trinajstić information content (AvgIpc) is 3.22. The van der Waals surface area contributed by atoms with Crippen molar-refractivity contribution in [3.05, 3.63) is 59.8 Å². The van der Waals surface area contributed by atoms with Crippen LogP contribution in [0.2, 0.25) is 0 Å². The van der Waals surface area contributed by atoms with E-state index in [0.29, 0.717) is 41.0 Å². The topological polar surface area (TPSA) is 84.8 Å². The van der Waals surface area contributed by atoms with Gasteiger partial charge in [-0.2, -0.15) is 0 Å². The molecule has 0 aliphatic carbocycles. The Bertz CT molecular complexity index is 1040. The molecule has 1 amide bonds. The van der Waals surface area contributed by atoms with Gasteiger partial charge in [0.15, 0.2) is 11.5 Å². The van der Waals surface area contributed by atoms with Gasteiger partial charge in [-0.15, -0.1) is 0 Å². The first kappa shape index (κ1) is 19.5. The van der Waals surface area contributed by atoms with Crippen LogP contribution in [-0.4, -0.2) is 50.9 Å². The highest BCUT2D eigenvalue weighted by molar-refractivity contribution is 6.05. The van der Waals surface area contributed by atoms with Gasteiger partial charge in [-0.3, -0.25) is 4.79 Å². The zero-order valence-corrected chi connectivity index (χ0v) is 17.0. The second-order valence-corrected chi connectivity index (χ2v) is 6.71. The predicted octanol–water partition coefficient (Wildman–Crippen LogP) is 3.28. The van der Waals surface area contributed by atoms with Crippen LogP contribution in [0.3, 0.4) is 0 Å². The lowest BCUT2D eigenvalue weighted by molar-refractivity contribution is 0.102. The third-order valence-corrected chi connectivity index (χ3v) is 4.90. The van der Waals surface area contributed by atoms with Crippen LogP contribution in [-0.2, 0) is 0 Å². The van der Waals surface area contributed by atoms with Gasteiger partial charge < -0.3 is 24.4 Å². The number of nitrogens with zero attached hydrogens (tertiary/aromatic N) is 3. The van der Waals surface area contributed by atoms with Crippen LogP contribution >= 0.6 is 0 Å². The van der Waals surface area contributed by atoms with Crippen LogP contribution < -0.4 is 19.5 Å². The maximum absolute atomic E-state index is 12.9. The van der Waals surface area contributed by atoms with E-state index >= 15 is 0 Å². The molecular formula is C22H22N4O4. The first-order valence-corrected chi connectivity index (χ1v) is 9.39. The molecule has 0 radical (unpaired) electrons. The Balaban J connectivity index is 1.55. The summed E-state index contributed by atoms with van der Waals surface area (Å²) in [4.78, 5) is 23.8. The lowest BCUT2D eigenvalue weighted by Gasteiger charge is -2.16. The van der Waals surface area contributed by atoms with Gasteiger partial charge in [-0.1, -0.05) is 12.1 Å². The Kier molecular flexibility index (Phi) is 5.38. The van der Waals surface area contributed by atoms with E-state index < -0.39 is 0 Å². The minimum Gasteiger partial charge on any atom is -0.493 e. The number of rotatable bonds is 6. The van der Waals surface area contributed by atoms with Gasteiger partial charge in [0.25, 0.3) is 5.91 Å². The third kappa shape index (κ3) is 3.71. The summed E-state index contributed by atoms with van der Waals surface area (Å²) in [6.45, 7) is 0.716. The summed E-state index contributed by atoms with van der Waals surface area (Å²) in [5.74, 6) is 1.70. The van der Waals surface area contributed by atoms with Gasteiger partial charge in [0.2, 0.25) is 11.7 Å². The van der Waals surface area contributed by atoms with Gasteiger partial charge >= 0.3 is 0 Å². The van der Waals surface area contributed by atoms with Gasteiger partial charge in [0.1, 0.15) is 0 Å². The number of fused-ring (bicyclic) bond motifs is 1. The molecule has 2 aliphatic rings. The normalized spacial score (nSPS) is 16.7. The Hall–Kier alpha value is -3.81. The molecule has 4 rings (SSSR count). The molecule has 8 heteroatoms. The Morgan fingerprint density at radius 2 is 1.87 bits per heavy atom. The van der Waals surface area contributed by atoms with E-state index in [0.717, 1.165) is 5.56 Å². The van der Waals surface area contributed by atoms with E-state index in [1.165, 1.54) is 21.3 Å². The number of hydrogen-bond donors (Lipinski definition) is 1. The van der Waals surface area contributed by atoms with Crippen molar-refractivity contribution in [2.45, 2.75) is 6.04 Å². The van der Waals surface area contributed by atoms with Crippen molar-refractivity contribution in [1.82, 2.24) is 4.90 Å². The van der Waals surface area contributed by atoms with Crippen LogP contribution in [0.5, 0.6) is 17.2 Å². The number of anilines is 1. The molecule has 1 atom stereocenters. The molecule has 2 heterocycles. The van der Waals surface area contributed by atoms with E-state index in [4.69, 9.17) is 14.2 Å². The number of benzene rings is 2. The van der Waals surface area contributed by atoms with Crippen LogP contribution in [0, 0.1) is 0 Å². The van der Waals surface area contributed by atoms with Gasteiger partial charge in [0, 0.05) is 23.7 Å². The number of amides is 1. The van der Waals surface area contributed by atoms with Crippen molar-refractivity contribution >= 4 is 23.8 Å². The van der Waals surface area contributed by atoms with E-state index in [1.807, 2.05) is 41.4 Å². The monoisotopic (exact) mass is 406 g/mol. The molecule has 0 saturated heterocycles. The minimum absolute atomic E-state index is 0.0436. The summed E-state index contributed by atoms with van der Waals surface area (Å²) in [7, 11) is 4.54. The van der Waals surface area contributed by atoms with E-state index in [9.17, 15) is 4.79 Å². The molecule has 30 heavy (non-hydrogen) atoms. The summed E-state index contributed by atoms with van der Waals surface area (Å²) < 4.78 is 16.0. The number of methoxy groups -OCH3 is 3. The quantitative estimate of drug-likeness (QED) is 0.796. The molecular weight excluding hydrogens is 384 g/mol. The fourth-order valence-corrected chi connectivity index (χ4v) is 3.43. The smallest absolute Gasteiger partial charge is 0.255 e. The number of carbonyl (C=O) groups excluding carboxylic acids is 1. The lowest BCUT2D eigenvalue weighted by Crippen LogP contribution is -2.22. The number of guanidine groups is 1. The van der Waals surface area contributed by atoms with E-state index in [-0.39, 0.29) is 11.9 Å². The molecule has 0 bridgehead atoms. The highest BCUT2D eigenvalue weighted by atomic mass is 16.5. The van der Waals surface area contributed by atoms with Crippen LogP contribution in [0.4, 0.5) is 5.69 Å². The van der Waals surface area contributed by atoms with Gasteiger partial charge in [-0.25, -0.2) is 9.98 Å². The predicted molar refractivity (Wildman–Crippen MR) is 115 cm³/mol. The zero-order valence-electron chi connectivity index (χ0n) is 17.0. The largest absolute Gasteiger partial charge is 0.493 e. The maximum atomic E-state index is 12.9. The number of ether oxygens (including phenoxy) is 3. The molecule has 0 spiro atoms. The van der Waals surface area contributed by atoms with Gasteiger partial charge in [0.05, 0.1) is 33.9 Å². The molecule has 2 aliphatic heterocycles. The molecule has 1 unspecified atom stereocenters. The van der Waals surface area contributed by atoms with Gasteiger partial charge in [-0.05, 0) is 35.9 Å². The highest BCUT2D eigenvalue weighted by Crippen LogP contribution is 2.38. The third-order valence-electron chi connectivity index (χ3n) is 4.90. The van der Waals surface area contributed by atoms with Crippen molar-refractivity contribution in [3.8, 4) is 17.2 Å².